The Morgan fingerprint density at radius 2 is 1.71 bits per heavy atom. The van der Waals surface area contributed by atoms with E-state index in [1.165, 1.54) is 0 Å². The lowest BCUT2D eigenvalue weighted by atomic mass is 10.1. The summed E-state index contributed by atoms with van der Waals surface area (Å²) in [7, 11) is 0. The maximum Gasteiger partial charge on any atom is 0.245 e. The Bertz CT molecular complexity index is 474. The lowest BCUT2D eigenvalue weighted by Gasteiger charge is -2.40. The molecule has 0 aromatic carbocycles. The predicted octanol–water partition coefficient (Wildman–Crippen LogP) is 0.341. The van der Waals surface area contributed by atoms with Gasteiger partial charge in [0.25, 0.3) is 0 Å². The van der Waals surface area contributed by atoms with Crippen LogP contribution in [0.2, 0.25) is 0 Å². The van der Waals surface area contributed by atoms with Gasteiger partial charge in [0.15, 0.2) is 0 Å². The summed E-state index contributed by atoms with van der Waals surface area (Å²) in [5, 5.41) is 0. The zero-order chi connectivity index (χ0) is 17.7. The van der Waals surface area contributed by atoms with Crippen LogP contribution in [0.5, 0.6) is 0 Å². The van der Waals surface area contributed by atoms with Crippen LogP contribution in [0.3, 0.4) is 0 Å². The van der Waals surface area contributed by atoms with Crippen molar-refractivity contribution in [1.82, 2.24) is 14.7 Å². The third-order valence-corrected chi connectivity index (χ3v) is 4.57. The fourth-order valence-corrected chi connectivity index (χ4v) is 3.22. The van der Waals surface area contributed by atoms with Gasteiger partial charge >= 0.3 is 0 Å². The molecule has 24 heavy (non-hydrogen) atoms. The minimum absolute atomic E-state index is 0.00260. The van der Waals surface area contributed by atoms with Crippen molar-refractivity contribution in [3.63, 3.8) is 0 Å². The molecule has 0 spiro atoms. The molecule has 3 amide bonds. The summed E-state index contributed by atoms with van der Waals surface area (Å²) in [5.41, 5.74) is 0. The number of carbonyl (C=O) groups is 3. The molecule has 2 rings (SSSR count). The molecule has 7 heteroatoms. The van der Waals surface area contributed by atoms with E-state index in [0.29, 0.717) is 45.3 Å². The van der Waals surface area contributed by atoms with E-state index >= 15 is 0 Å². The second-order valence-electron chi connectivity index (χ2n) is 6.93. The van der Waals surface area contributed by atoms with E-state index in [9.17, 15) is 14.4 Å². The molecule has 2 saturated heterocycles. The van der Waals surface area contributed by atoms with Crippen molar-refractivity contribution in [2.75, 3.05) is 45.9 Å². The van der Waals surface area contributed by atoms with E-state index in [1.807, 2.05) is 4.90 Å². The molecular weight excluding hydrogens is 310 g/mol. The van der Waals surface area contributed by atoms with Crippen LogP contribution in [0.15, 0.2) is 0 Å². The van der Waals surface area contributed by atoms with Crippen LogP contribution < -0.4 is 0 Å². The molecule has 0 aromatic rings. The van der Waals surface area contributed by atoms with Crippen LogP contribution in [-0.2, 0) is 19.1 Å². The van der Waals surface area contributed by atoms with E-state index in [1.54, 1.807) is 16.7 Å². The highest BCUT2D eigenvalue weighted by atomic mass is 16.5. The topological polar surface area (TPSA) is 70.2 Å². The third kappa shape index (κ3) is 4.69. The lowest BCUT2D eigenvalue weighted by Crippen LogP contribution is -2.58. The SMILES string of the molecule is CC(C)CN1CCN(C(=O)CCC(=O)N2CCOCC2)[C@@H](C)C1=O. The van der Waals surface area contributed by atoms with Crippen LogP contribution in [0.25, 0.3) is 0 Å². The molecule has 0 aliphatic carbocycles. The van der Waals surface area contributed by atoms with Gasteiger partial charge in [0.2, 0.25) is 17.7 Å². The highest BCUT2D eigenvalue weighted by Crippen LogP contribution is 2.15. The van der Waals surface area contributed by atoms with Gasteiger partial charge < -0.3 is 19.4 Å². The average Bonchev–Trinajstić information content (AvgIpc) is 2.57. The fraction of sp³-hybridized carbons (Fsp3) is 0.824. The number of piperazine rings is 1. The highest BCUT2D eigenvalue weighted by Gasteiger charge is 2.34. The van der Waals surface area contributed by atoms with E-state index < -0.39 is 6.04 Å². The van der Waals surface area contributed by atoms with Gasteiger partial charge in [0.1, 0.15) is 6.04 Å². The molecule has 0 unspecified atom stereocenters. The second kappa shape index (κ2) is 8.46. The smallest absolute Gasteiger partial charge is 0.245 e. The predicted molar refractivity (Wildman–Crippen MR) is 89.2 cm³/mol. The summed E-state index contributed by atoms with van der Waals surface area (Å²) in [4.78, 5) is 42.2. The molecule has 0 bridgehead atoms. The largest absolute Gasteiger partial charge is 0.378 e. The lowest BCUT2D eigenvalue weighted by molar-refractivity contribution is -0.151. The first kappa shape index (κ1) is 18.7. The zero-order valence-corrected chi connectivity index (χ0v) is 15.0. The number of morpholine rings is 1. The summed E-state index contributed by atoms with van der Waals surface area (Å²) in [6, 6.07) is -0.441. The van der Waals surface area contributed by atoms with Gasteiger partial charge in [-0.1, -0.05) is 13.8 Å². The van der Waals surface area contributed by atoms with Gasteiger partial charge in [-0.15, -0.1) is 0 Å². The van der Waals surface area contributed by atoms with Crippen LogP contribution in [-0.4, -0.2) is 84.4 Å². The summed E-state index contributed by atoms with van der Waals surface area (Å²) in [6.07, 6.45) is 0.365. The average molecular weight is 339 g/mol. The van der Waals surface area contributed by atoms with E-state index in [0.717, 1.165) is 6.54 Å². The van der Waals surface area contributed by atoms with E-state index in [-0.39, 0.29) is 30.6 Å². The first-order valence-electron chi connectivity index (χ1n) is 8.84. The summed E-state index contributed by atoms with van der Waals surface area (Å²) in [6.45, 7) is 10.1. The van der Waals surface area contributed by atoms with E-state index in [4.69, 9.17) is 4.74 Å². The second-order valence-corrected chi connectivity index (χ2v) is 6.93. The maximum atomic E-state index is 12.4. The Kier molecular flexibility index (Phi) is 6.60. The summed E-state index contributed by atoms with van der Waals surface area (Å²) < 4.78 is 5.22. The Morgan fingerprint density at radius 3 is 2.33 bits per heavy atom. The van der Waals surface area contributed by atoms with Gasteiger partial charge in [0.05, 0.1) is 13.2 Å². The number of hydrogen-bond acceptors (Lipinski definition) is 4. The molecule has 0 saturated carbocycles. The van der Waals surface area contributed by atoms with Gasteiger partial charge in [-0.2, -0.15) is 0 Å². The van der Waals surface area contributed by atoms with Gasteiger partial charge in [-0.25, -0.2) is 0 Å². The van der Waals surface area contributed by atoms with Crippen LogP contribution in [0, 0.1) is 5.92 Å². The van der Waals surface area contributed by atoms with Crippen LogP contribution >= 0.6 is 0 Å². The number of hydrogen-bond donors (Lipinski definition) is 0. The first-order valence-corrected chi connectivity index (χ1v) is 8.84. The minimum Gasteiger partial charge on any atom is -0.378 e. The molecule has 0 N–H and O–H groups in total. The summed E-state index contributed by atoms with van der Waals surface area (Å²) in [5.74, 6) is 0.295. The number of carbonyl (C=O) groups excluding carboxylic acids is 3. The zero-order valence-electron chi connectivity index (χ0n) is 15.0. The molecule has 2 aliphatic rings. The van der Waals surface area contributed by atoms with Crippen molar-refractivity contribution < 1.29 is 19.1 Å². The monoisotopic (exact) mass is 339 g/mol. The van der Waals surface area contributed by atoms with Crippen LogP contribution in [0.1, 0.15) is 33.6 Å². The van der Waals surface area contributed by atoms with Crippen molar-refractivity contribution >= 4 is 17.7 Å². The molecular formula is C17H29N3O4. The molecule has 2 fully saturated rings. The minimum atomic E-state index is -0.441. The molecule has 2 heterocycles. The van der Waals surface area contributed by atoms with Gasteiger partial charge in [0, 0.05) is 45.6 Å². The third-order valence-electron chi connectivity index (χ3n) is 4.57. The Balaban J connectivity index is 1.82. The van der Waals surface area contributed by atoms with Crippen molar-refractivity contribution in [1.29, 1.82) is 0 Å². The van der Waals surface area contributed by atoms with Gasteiger partial charge in [-0.05, 0) is 12.8 Å². The quantitative estimate of drug-likeness (QED) is 0.724. The molecule has 2 aliphatic heterocycles. The fourth-order valence-electron chi connectivity index (χ4n) is 3.22. The number of rotatable bonds is 5. The Morgan fingerprint density at radius 1 is 1.08 bits per heavy atom. The first-order chi connectivity index (χ1) is 11.4. The van der Waals surface area contributed by atoms with Crippen molar-refractivity contribution in [3.8, 4) is 0 Å². The van der Waals surface area contributed by atoms with Crippen molar-refractivity contribution in [2.45, 2.75) is 39.7 Å². The molecule has 0 aromatic heterocycles. The normalized spacial score (nSPS) is 22.2. The molecule has 0 radical (unpaired) electrons. The molecule has 7 nitrogen and oxygen atoms in total. The Labute approximate surface area is 143 Å². The maximum absolute atomic E-state index is 12.4. The van der Waals surface area contributed by atoms with Crippen LogP contribution in [0.4, 0.5) is 0 Å². The number of nitrogens with zero attached hydrogens (tertiary/aromatic N) is 3. The molecule has 1 atom stereocenters. The molecule has 136 valence electrons. The van der Waals surface area contributed by atoms with E-state index in [2.05, 4.69) is 13.8 Å². The van der Waals surface area contributed by atoms with Gasteiger partial charge in [-0.3, -0.25) is 14.4 Å². The van der Waals surface area contributed by atoms with Crippen molar-refractivity contribution in [2.24, 2.45) is 5.92 Å². The number of amides is 3. The Hall–Kier alpha value is -1.63. The van der Waals surface area contributed by atoms with Crippen molar-refractivity contribution in [3.05, 3.63) is 0 Å². The summed E-state index contributed by atoms with van der Waals surface area (Å²) >= 11 is 0. The highest BCUT2D eigenvalue weighted by molar-refractivity contribution is 5.90. The standard InChI is InChI=1S/C17H29N3O4/c1-13(2)12-19-6-7-20(14(3)17(19)23)16(22)5-4-15(21)18-8-10-24-11-9-18/h13-14H,4-12H2,1-3H3/t14-/m0/s1. The number of ether oxygens (including phenoxy) is 1.